The molecule has 0 bridgehead atoms. The van der Waals surface area contributed by atoms with Gasteiger partial charge in [-0.1, -0.05) is 12.1 Å². The molecule has 1 aliphatic heterocycles. The molecule has 3 rings (SSSR count). The fourth-order valence-corrected chi connectivity index (χ4v) is 2.61. The number of carboxylic acid groups (broad SMARTS) is 1. The van der Waals surface area contributed by atoms with Crippen LogP contribution >= 0.6 is 0 Å². The van der Waals surface area contributed by atoms with E-state index in [2.05, 4.69) is 15.2 Å². The number of carbonyl (C=O) groups excluding carboxylic acids is 1. The van der Waals surface area contributed by atoms with Crippen LogP contribution in [0.15, 0.2) is 48.7 Å². The molecule has 7 nitrogen and oxygen atoms in total. The molecule has 1 aromatic heterocycles. The summed E-state index contributed by atoms with van der Waals surface area (Å²) >= 11 is 0. The van der Waals surface area contributed by atoms with E-state index in [-0.39, 0.29) is 11.6 Å². The van der Waals surface area contributed by atoms with Crippen LogP contribution in [0, 0.1) is 0 Å². The molecule has 0 unspecified atom stereocenters. The van der Waals surface area contributed by atoms with E-state index in [9.17, 15) is 9.59 Å². The third-order valence-corrected chi connectivity index (χ3v) is 3.90. The van der Waals surface area contributed by atoms with Crippen molar-refractivity contribution in [2.75, 3.05) is 36.4 Å². The number of hydrogen-bond donors (Lipinski definition) is 2. The number of rotatable bonds is 3. The van der Waals surface area contributed by atoms with Gasteiger partial charge in [0.05, 0.1) is 5.56 Å². The predicted molar refractivity (Wildman–Crippen MR) is 90.4 cm³/mol. The highest BCUT2D eigenvalue weighted by atomic mass is 16.4. The van der Waals surface area contributed by atoms with Crippen molar-refractivity contribution >= 4 is 23.5 Å². The van der Waals surface area contributed by atoms with Crippen LogP contribution in [0.4, 0.5) is 16.3 Å². The number of nitrogens with one attached hydrogen (secondary N) is 1. The molecule has 0 radical (unpaired) electrons. The maximum Gasteiger partial charge on any atom is 0.335 e. The van der Waals surface area contributed by atoms with Crippen LogP contribution in [0.5, 0.6) is 0 Å². The molecule has 2 N–H and O–H groups in total. The zero-order valence-corrected chi connectivity index (χ0v) is 13.1. The number of aromatic nitrogens is 1. The summed E-state index contributed by atoms with van der Waals surface area (Å²) in [4.78, 5) is 31.5. The van der Waals surface area contributed by atoms with Gasteiger partial charge in [-0.15, -0.1) is 0 Å². The smallest absolute Gasteiger partial charge is 0.335 e. The number of carboxylic acids is 1. The fraction of sp³-hybridized carbons (Fsp3) is 0.235. The van der Waals surface area contributed by atoms with Gasteiger partial charge in [0.2, 0.25) is 0 Å². The quantitative estimate of drug-likeness (QED) is 0.902. The molecule has 1 aromatic carbocycles. The van der Waals surface area contributed by atoms with E-state index in [4.69, 9.17) is 5.11 Å². The zero-order chi connectivity index (χ0) is 16.9. The second-order valence-corrected chi connectivity index (χ2v) is 5.48. The Labute approximate surface area is 139 Å². The summed E-state index contributed by atoms with van der Waals surface area (Å²) in [6.07, 6.45) is 1.75. The first-order chi connectivity index (χ1) is 11.6. The number of carbonyl (C=O) groups is 2. The van der Waals surface area contributed by atoms with Crippen LogP contribution in [-0.4, -0.2) is 53.2 Å². The zero-order valence-electron chi connectivity index (χ0n) is 13.1. The molecule has 24 heavy (non-hydrogen) atoms. The molecule has 0 atom stereocenters. The highest BCUT2D eigenvalue weighted by molar-refractivity contribution is 5.93. The third kappa shape index (κ3) is 3.62. The lowest BCUT2D eigenvalue weighted by Gasteiger charge is -2.35. The molecule has 2 heterocycles. The number of hydrogen-bond acceptors (Lipinski definition) is 4. The lowest BCUT2D eigenvalue weighted by atomic mass is 10.2. The number of benzene rings is 1. The van der Waals surface area contributed by atoms with Crippen LogP contribution in [0.3, 0.4) is 0 Å². The molecule has 1 saturated heterocycles. The lowest BCUT2D eigenvalue weighted by molar-refractivity contribution is 0.0697. The highest BCUT2D eigenvalue weighted by Crippen LogP contribution is 2.15. The van der Waals surface area contributed by atoms with Crippen molar-refractivity contribution in [1.29, 1.82) is 0 Å². The number of piperazine rings is 1. The Morgan fingerprint density at radius 1 is 1.04 bits per heavy atom. The van der Waals surface area contributed by atoms with Crippen LogP contribution < -0.4 is 10.2 Å². The number of pyridine rings is 1. The van der Waals surface area contributed by atoms with Gasteiger partial charge in [-0.2, -0.15) is 0 Å². The Kier molecular flexibility index (Phi) is 4.60. The van der Waals surface area contributed by atoms with Crippen molar-refractivity contribution in [3.63, 3.8) is 0 Å². The van der Waals surface area contributed by atoms with Crippen LogP contribution in [0.25, 0.3) is 0 Å². The van der Waals surface area contributed by atoms with Crippen molar-refractivity contribution in [3.8, 4) is 0 Å². The Hall–Kier alpha value is -3.09. The minimum Gasteiger partial charge on any atom is -0.478 e. The monoisotopic (exact) mass is 326 g/mol. The van der Waals surface area contributed by atoms with E-state index in [0.29, 0.717) is 31.9 Å². The second-order valence-electron chi connectivity index (χ2n) is 5.48. The maximum absolute atomic E-state index is 12.3. The Morgan fingerprint density at radius 2 is 1.83 bits per heavy atom. The highest BCUT2D eigenvalue weighted by Gasteiger charge is 2.21. The van der Waals surface area contributed by atoms with Gasteiger partial charge in [-0.3, -0.25) is 0 Å². The molecule has 7 heteroatoms. The molecule has 1 fully saturated rings. The van der Waals surface area contributed by atoms with Gasteiger partial charge in [0.1, 0.15) is 5.82 Å². The van der Waals surface area contributed by atoms with E-state index in [1.54, 1.807) is 23.2 Å². The predicted octanol–water partition coefficient (Wildman–Crippen LogP) is 2.13. The summed E-state index contributed by atoms with van der Waals surface area (Å²) in [7, 11) is 0. The molecule has 0 saturated carbocycles. The van der Waals surface area contributed by atoms with Gasteiger partial charge in [-0.05, 0) is 30.3 Å². The van der Waals surface area contributed by atoms with E-state index < -0.39 is 5.97 Å². The molecule has 2 aromatic rings. The summed E-state index contributed by atoms with van der Waals surface area (Å²) < 4.78 is 0. The first kappa shape index (κ1) is 15.8. The number of nitrogens with zero attached hydrogens (tertiary/aromatic N) is 3. The molecular formula is C17H18N4O3. The summed E-state index contributed by atoms with van der Waals surface area (Å²) in [6, 6.07) is 11.8. The minimum absolute atomic E-state index is 0.146. The van der Waals surface area contributed by atoms with Gasteiger partial charge in [-0.25, -0.2) is 14.6 Å². The summed E-state index contributed by atoms with van der Waals surface area (Å²) in [5, 5.41) is 11.7. The molecule has 2 amide bonds. The van der Waals surface area contributed by atoms with Crippen molar-refractivity contribution in [2.45, 2.75) is 0 Å². The first-order valence-electron chi connectivity index (χ1n) is 7.69. The molecule has 0 aliphatic carbocycles. The normalized spacial score (nSPS) is 14.3. The standard InChI is InChI=1S/C17H18N4O3/c22-16(23)13-4-3-5-14(12-13)19-17(24)21-10-8-20(9-11-21)15-6-1-2-7-18-15/h1-7,12H,8-11H2,(H,19,24)(H,22,23). The van der Waals surface area contributed by atoms with E-state index in [1.165, 1.54) is 12.1 Å². The first-order valence-corrected chi connectivity index (χ1v) is 7.69. The summed E-state index contributed by atoms with van der Waals surface area (Å²) in [5.41, 5.74) is 0.625. The summed E-state index contributed by atoms with van der Waals surface area (Å²) in [6.45, 7) is 2.58. The van der Waals surface area contributed by atoms with Gasteiger partial charge >= 0.3 is 12.0 Å². The average Bonchev–Trinajstić information content (AvgIpc) is 2.63. The Balaban J connectivity index is 1.57. The number of anilines is 2. The summed E-state index contributed by atoms with van der Waals surface area (Å²) in [5.74, 6) is -0.109. The molecule has 1 aliphatic rings. The SMILES string of the molecule is O=C(O)c1cccc(NC(=O)N2CCN(c3ccccn3)CC2)c1. The van der Waals surface area contributed by atoms with E-state index in [0.717, 1.165) is 5.82 Å². The van der Waals surface area contributed by atoms with Gasteiger partial charge in [0.25, 0.3) is 0 Å². The number of amides is 2. The number of aromatic carboxylic acids is 1. The maximum atomic E-state index is 12.3. The molecular weight excluding hydrogens is 308 g/mol. The van der Waals surface area contributed by atoms with Crippen LogP contribution in [0.1, 0.15) is 10.4 Å². The van der Waals surface area contributed by atoms with Gasteiger partial charge < -0.3 is 20.2 Å². The number of urea groups is 1. The largest absolute Gasteiger partial charge is 0.478 e. The van der Waals surface area contributed by atoms with Gasteiger partial charge in [0, 0.05) is 38.1 Å². The van der Waals surface area contributed by atoms with E-state index >= 15 is 0 Å². The van der Waals surface area contributed by atoms with Crippen LogP contribution in [0.2, 0.25) is 0 Å². The van der Waals surface area contributed by atoms with Crippen molar-refractivity contribution in [1.82, 2.24) is 9.88 Å². The third-order valence-electron chi connectivity index (χ3n) is 3.90. The van der Waals surface area contributed by atoms with Crippen LogP contribution in [-0.2, 0) is 0 Å². The Morgan fingerprint density at radius 3 is 2.50 bits per heavy atom. The minimum atomic E-state index is -1.02. The fourth-order valence-electron chi connectivity index (χ4n) is 2.61. The Bertz CT molecular complexity index is 728. The van der Waals surface area contributed by atoms with Crippen molar-refractivity contribution in [3.05, 3.63) is 54.2 Å². The van der Waals surface area contributed by atoms with Crippen molar-refractivity contribution < 1.29 is 14.7 Å². The molecule has 124 valence electrons. The van der Waals surface area contributed by atoms with Crippen molar-refractivity contribution in [2.24, 2.45) is 0 Å². The lowest BCUT2D eigenvalue weighted by Crippen LogP contribution is -2.50. The van der Waals surface area contributed by atoms with E-state index in [1.807, 2.05) is 18.2 Å². The average molecular weight is 326 g/mol. The second kappa shape index (κ2) is 6.99. The molecule has 0 spiro atoms. The topological polar surface area (TPSA) is 85.8 Å². The van der Waals surface area contributed by atoms with Gasteiger partial charge in [0.15, 0.2) is 0 Å².